The average Bonchev–Trinajstić information content (AvgIpc) is 2.81. The van der Waals surface area contributed by atoms with E-state index in [2.05, 4.69) is 31.3 Å². The summed E-state index contributed by atoms with van der Waals surface area (Å²) in [5.74, 6) is 0.726. The number of rotatable bonds is 4. The fourth-order valence-electron chi connectivity index (χ4n) is 2.23. The maximum Gasteiger partial charge on any atom is 0.289 e. The summed E-state index contributed by atoms with van der Waals surface area (Å²) in [5.41, 5.74) is 3.15. The van der Waals surface area contributed by atoms with Gasteiger partial charge in [-0.3, -0.25) is 4.79 Å². The van der Waals surface area contributed by atoms with Crippen molar-refractivity contribution in [3.05, 3.63) is 35.1 Å². The fourth-order valence-corrected chi connectivity index (χ4v) is 2.23. The molecule has 0 radical (unpaired) electrons. The Morgan fingerprint density at radius 1 is 1.30 bits per heavy atom. The smallest absolute Gasteiger partial charge is 0.289 e. The quantitative estimate of drug-likeness (QED) is 0.932. The van der Waals surface area contributed by atoms with Crippen molar-refractivity contribution < 1.29 is 9.21 Å². The zero-order valence-corrected chi connectivity index (χ0v) is 12.8. The van der Waals surface area contributed by atoms with Gasteiger partial charge in [0.25, 0.3) is 5.91 Å². The Labute approximate surface area is 119 Å². The molecule has 0 fully saturated rings. The van der Waals surface area contributed by atoms with Crippen molar-refractivity contribution in [2.45, 2.75) is 26.3 Å². The van der Waals surface area contributed by atoms with Crippen LogP contribution < -0.4 is 5.32 Å². The Kier molecular flexibility index (Phi) is 4.14. The van der Waals surface area contributed by atoms with Gasteiger partial charge < -0.3 is 14.6 Å². The van der Waals surface area contributed by atoms with E-state index in [4.69, 9.17) is 4.42 Å². The minimum absolute atomic E-state index is 0.109. The van der Waals surface area contributed by atoms with Crippen LogP contribution in [0.25, 0.3) is 11.0 Å². The molecule has 0 bridgehead atoms. The molecule has 0 aliphatic carbocycles. The van der Waals surface area contributed by atoms with Gasteiger partial charge in [-0.15, -0.1) is 0 Å². The van der Waals surface area contributed by atoms with Crippen molar-refractivity contribution in [1.82, 2.24) is 10.2 Å². The third-order valence-corrected chi connectivity index (χ3v) is 3.37. The van der Waals surface area contributed by atoms with Gasteiger partial charge in [0.2, 0.25) is 0 Å². The molecule has 0 aliphatic rings. The second-order valence-corrected chi connectivity index (χ2v) is 5.59. The van der Waals surface area contributed by atoms with Crippen LogP contribution in [0.2, 0.25) is 0 Å². The van der Waals surface area contributed by atoms with Gasteiger partial charge in [-0.25, -0.2) is 0 Å². The molecule has 0 spiro atoms. The molecule has 0 aliphatic heterocycles. The number of furan rings is 1. The normalized spacial score (nSPS) is 11.3. The van der Waals surface area contributed by atoms with Gasteiger partial charge >= 0.3 is 0 Å². The van der Waals surface area contributed by atoms with Crippen molar-refractivity contribution in [3.63, 3.8) is 0 Å². The van der Waals surface area contributed by atoms with Gasteiger partial charge in [-0.2, -0.15) is 0 Å². The van der Waals surface area contributed by atoms with Crippen LogP contribution in [0, 0.1) is 0 Å². The number of carbonyl (C=O) groups excluding carboxylic acids is 1. The van der Waals surface area contributed by atoms with E-state index in [-0.39, 0.29) is 5.91 Å². The van der Waals surface area contributed by atoms with Gasteiger partial charge in [0.05, 0.1) is 0 Å². The molecule has 4 heteroatoms. The second-order valence-electron chi connectivity index (χ2n) is 5.59. The van der Waals surface area contributed by atoms with E-state index >= 15 is 0 Å². The lowest BCUT2D eigenvalue weighted by molar-refractivity contribution is 0.0799. The van der Waals surface area contributed by atoms with Gasteiger partial charge in [-0.05, 0) is 30.7 Å². The highest BCUT2D eigenvalue weighted by Crippen LogP contribution is 2.28. The molecule has 1 amide bonds. The van der Waals surface area contributed by atoms with Gasteiger partial charge in [-0.1, -0.05) is 19.9 Å². The molecule has 2 aromatic rings. The maximum atomic E-state index is 12.0. The molecule has 0 saturated carbocycles. The summed E-state index contributed by atoms with van der Waals surface area (Å²) in [4.78, 5) is 13.5. The number of fused-ring (bicyclic) bond motifs is 1. The number of hydrogen-bond donors (Lipinski definition) is 1. The van der Waals surface area contributed by atoms with E-state index in [1.807, 2.05) is 13.1 Å². The summed E-state index contributed by atoms with van der Waals surface area (Å²) in [7, 11) is 5.36. The molecule has 1 aromatic carbocycles. The van der Waals surface area contributed by atoms with E-state index in [1.54, 1.807) is 14.1 Å². The SMILES string of the molecule is CNCc1cc(C(C)C)cc2cc(C(=O)N(C)C)oc12. The van der Waals surface area contributed by atoms with Crippen LogP contribution in [0.4, 0.5) is 0 Å². The molecule has 1 N–H and O–H groups in total. The second kappa shape index (κ2) is 5.67. The fraction of sp³-hybridized carbons (Fsp3) is 0.438. The van der Waals surface area contributed by atoms with Crippen LogP contribution in [0.3, 0.4) is 0 Å². The van der Waals surface area contributed by atoms with E-state index in [1.165, 1.54) is 10.5 Å². The summed E-state index contributed by atoms with van der Waals surface area (Å²) in [5, 5.41) is 4.14. The Bertz CT molecular complexity index is 627. The molecule has 1 aromatic heterocycles. The molecule has 0 unspecified atom stereocenters. The van der Waals surface area contributed by atoms with Crippen LogP contribution in [0.1, 0.15) is 41.4 Å². The molecule has 108 valence electrons. The highest BCUT2D eigenvalue weighted by Gasteiger charge is 2.17. The zero-order valence-electron chi connectivity index (χ0n) is 12.8. The van der Waals surface area contributed by atoms with E-state index < -0.39 is 0 Å². The third-order valence-electron chi connectivity index (χ3n) is 3.37. The van der Waals surface area contributed by atoms with Crippen molar-refractivity contribution in [1.29, 1.82) is 0 Å². The number of nitrogens with one attached hydrogen (secondary N) is 1. The first-order chi connectivity index (χ1) is 9.43. The lowest BCUT2D eigenvalue weighted by atomic mass is 9.98. The highest BCUT2D eigenvalue weighted by molar-refractivity contribution is 5.96. The molecule has 2 rings (SSSR count). The average molecular weight is 274 g/mol. The van der Waals surface area contributed by atoms with Crippen LogP contribution >= 0.6 is 0 Å². The predicted molar refractivity (Wildman–Crippen MR) is 81.1 cm³/mol. The first kappa shape index (κ1) is 14.6. The molecule has 4 nitrogen and oxygen atoms in total. The summed E-state index contributed by atoms with van der Waals surface area (Å²) >= 11 is 0. The standard InChI is InChI=1S/C16H22N2O2/c1-10(2)11-6-12-8-14(16(19)18(4)5)20-15(12)13(7-11)9-17-3/h6-8,10,17H,9H2,1-5H3. The van der Waals surface area contributed by atoms with Crippen LogP contribution in [0.5, 0.6) is 0 Å². The zero-order chi connectivity index (χ0) is 14.9. The number of hydrogen-bond acceptors (Lipinski definition) is 3. The monoisotopic (exact) mass is 274 g/mol. The molecule has 20 heavy (non-hydrogen) atoms. The van der Waals surface area contributed by atoms with E-state index in [9.17, 15) is 4.79 Å². The molecule has 0 saturated heterocycles. The minimum Gasteiger partial charge on any atom is -0.451 e. The van der Waals surface area contributed by atoms with Crippen molar-refractivity contribution in [2.24, 2.45) is 0 Å². The number of carbonyl (C=O) groups is 1. The predicted octanol–water partition coefficient (Wildman–Crippen LogP) is 2.98. The maximum absolute atomic E-state index is 12.0. The highest BCUT2D eigenvalue weighted by atomic mass is 16.3. The molecule has 0 atom stereocenters. The summed E-state index contributed by atoms with van der Waals surface area (Å²) < 4.78 is 5.78. The summed E-state index contributed by atoms with van der Waals surface area (Å²) in [6.07, 6.45) is 0. The minimum atomic E-state index is -0.109. The Morgan fingerprint density at radius 2 is 2.00 bits per heavy atom. The van der Waals surface area contributed by atoms with Crippen molar-refractivity contribution in [2.75, 3.05) is 21.1 Å². The third kappa shape index (κ3) is 2.70. The van der Waals surface area contributed by atoms with Crippen molar-refractivity contribution >= 4 is 16.9 Å². The van der Waals surface area contributed by atoms with Crippen molar-refractivity contribution in [3.8, 4) is 0 Å². The Morgan fingerprint density at radius 3 is 2.55 bits per heavy atom. The van der Waals surface area contributed by atoms with E-state index in [0.29, 0.717) is 11.7 Å². The topological polar surface area (TPSA) is 45.5 Å². The molecule has 1 heterocycles. The van der Waals surface area contributed by atoms with Crippen LogP contribution in [-0.2, 0) is 6.54 Å². The summed E-state index contributed by atoms with van der Waals surface area (Å²) in [6.45, 7) is 5.05. The van der Waals surface area contributed by atoms with E-state index in [0.717, 1.165) is 23.1 Å². The number of nitrogens with zero attached hydrogens (tertiary/aromatic N) is 1. The first-order valence-electron chi connectivity index (χ1n) is 6.86. The molecular weight excluding hydrogens is 252 g/mol. The lowest BCUT2D eigenvalue weighted by Crippen LogP contribution is -2.20. The summed E-state index contributed by atoms with van der Waals surface area (Å²) in [6, 6.07) is 6.09. The molecular formula is C16H22N2O2. The Balaban J connectivity index is 2.59. The van der Waals surface area contributed by atoms with Crippen LogP contribution in [0.15, 0.2) is 22.6 Å². The van der Waals surface area contributed by atoms with Crippen LogP contribution in [-0.4, -0.2) is 32.0 Å². The van der Waals surface area contributed by atoms with Gasteiger partial charge in [0.1, 0.15) is 5.58 Å². The first-order valence-corrected chi connectivity index (χ1v) is 6.86. The number of benzene rings is 1. The lowest BCUT2D eigenvalue weighted by Gasteiger charge is -2.09. The number of amides is 1. The van der Waals surface area contributed by atoms with Gasteiger partial charge in [0, 0.05) is 31.6 Å². The Hall–Kier alpha value is -1.81. The van der Waals surface area contributed by atoms with Gasteiger partial charge in [0.15, 0.2) is 5.76 Å². The largest absolute Gasteiger partial charge is 0.451 e.